The van der Waals surface area contributed by atoms with Gasteiger partial charge in [0.2, 0.25) is 0 Å². The molecule has 3 aromatic heterocycles. The number of fused-ring (bicyclic) bond motifs is 1. The second-order valence-corrected chi connectivity index (χ2v) is 3.91. The van der Waals surface area contributed by atoms with Crippen molar-refractivity contribution in [1.82, 2.24) is 29.7 Å². The standard InChI is InChI=1S/C10H8N6O3/c1-16-8-6(9(18)13-10(16)19)11-7(12-8)4-2-3-5(17)15-14-4/h2-3H,1H3,(H,11,12)(H,15,17)(H,13,18,19). The molecule has 0 aromatic carbocycles. The van der Waals surface area contributed by atoms with Gasteiger partial charge in [0.1, 0.15) is 11.2 Å². The minimum absolute atomic E-state index is 0.171. The van der Waals surface area contributed by atoms with Gasteiger partial charge in [-0.15, -0.1) is 0 Å². The molecule has 0 spiro atoms. The summed E-state index contributed by atoms with van der Waals surface area (Å²) >= 11 is 0. The number of imidazole rings is 1. The number of aryl methyl sites for hydroxylation is 1. The van der Waals surface area contributed by atoms with Crippen LogP contribution in [0.5, 0.6) is 0 Å². The molecule has 0 aliphatic heterocycles. The first-order valence-electron chi connectivity index (χ1n) is 5.31. The Kier molecular flexibility index (Phi) is 2.21. The van der Waals surface area contributed by atoms with E-state index in [2.05, 4.69) is 25.1 Å². The van der Waals surface area contributed by atoms with Crippen LogP contribution in [0.15, 0.2) is 26.5 Å². The van der Waals surface area contributed by atoms with E-state index in [4.69, 9.17) is 0 Å². The average molecular weight is 260 g/mol. The molecule has 0 radical (unpaired) electrons. The van der Waals surface area contributed by atoms with Crippen LogP contribution >= 0.6 is 0 Å². The van der Waals surface area contributed by atoms with E-state index in [1.165, 1.54) is 23.7 Å². The molecule has 0 atom stereocenters. The zero-order valence-electron chi connectivity index (χ0n) is 9.72. The largest absolute Gasteiger partial charge is 0.331 e. The van der Waals surface area contributed by atoms with Gasteiger partial charge in [0.25, 0.3) is 11.1 Å². The molecule has 9 nitrogen and oxygen atoms in total. The van der Waals surface area contributed by atoms with E-state index >= 15 is 0 Å². The summed E-state index contributed by atoms with van der Waals surface area (Å²) in [6.45, 7) is 0. The lowest BCUT2D eigenvalue weighted by Gasteiger charge is -1.94. The zero-order chi connectivity index (χ0) is 13.6. The van der Waals surface area contributed by atoms with Gasteiger partial charge in [-0.1, -0.05) is 0 Å². The molecule has 0 aliphatic carbocycles. The van der Waals surface area contributed by atoms with Gasteiger partial charge in [-0.2, -0.15) is 5.10 Å². The second kappa shape index (κ2) is 3.77. The Morgan fingerprint density at radius 2 is 1.95 bits per heavy atom. The number of hydrogen-bond donors (Lipinski definition) is 3. The molecule has 0 bridgehead atoms. The van der Waals surface area contributed by atoms with Gasteiger partial charge >= 0.3 is 5.69 Å². The highest BCUT2D eigenvalue weighted by Gasteiger charge is 2.12. The first kappa shape index (κ1) is 11.1. The summed E-state index contributed by atoms with van der Waals surface area (Å²) in [6.07, 6.45) is 0. The molecule has 9 heteroatoms. The van der Waals surface area contributed by atoms with Crippen LogP contribution in [0.25, 0.3) is 22.7 Å². The molecule has 96 valence electrons. The van der Waals surface area contributed by atoms with E-state index in [-0.39, 0.29) is 22.5 Å². The van der Waals surface area contributed by atoms with Crippen molar-refractivity contribution in [3.8, 4) is 11.5 Å². The van der Waals surface area contributed by atoms with Gasteiger partial charge < -0.3 is 4.98 Å². The average Bonchev–Trinajstić information content (AvgIpc) is 2.83. The van der Waals surface area contributed by atoms with Crippen LogP contribution in [0, 0.1) is 0 Å². The summed E-state index contributed by atoms with van der Waals surface area (Å²) in [5.41, 5.74) is -0.694. The van der Waals surface area contributed by atoms with E-state index in [0.29, 0.717) is 5.69 Å². The Morgan fingerprint density at radius 3 is 2.63 bits per heavy atom. The summed E-state index contributed by atoms with van der Waals surface area (Å²) < 4.78 is 1.21. The summed E-state index contributed by atoms with van der Waals surface area (Å²) in [4.78, 5) is 43.1. The van der Waals surface area contributed by atoms with Gasteiger partial charge in [0.05, 0.1) is 0 Å². The number of hydrogen-bond acceptors (Lipinski definition) is 5. The number of nitrogens with zero attached hydrogens (tertiary/aromatic N) is 3. The summed E-state index contributed by atoms with van der Waals surface area (Å²) in [5.74, 6) is 0.290. The fourth-order valence-corrected chi connectivity index (χ4v) is 1.70. The summed E-state index contributed by atoms with van der Waals surface area (Å²) in [6, 6.07) is 2.75. The predicted octanol–water partition coefficient (Wildman–Crippen LogP) is -1.30. The highest BCUT2D eigenvalue weighted by molar-refractivity contribution is 5.74. The summed E-state index contributed by atoms with van der Waals surface area (Å²) in [7, 11) is 1.49. The Labute approximate surface area is 104 Å². The molecule has 3 heterocycles. The van der Waals surface area contributed by atoms with Crippen molar-refractivity contribution in [1.29, 1.82) is 0 Å². The number of H-pyrrole nitrogens is 3. The van der Waals surface area contributed by atoms with E-state index in [1.54, 1.807) is 0 Å². The van der Waals surface area contributed by atoms with Gasteiger partial charge in [0, 0.05) is 13.1 Å². The zero-order valence-corrected chi connectivity index (χ0v) is 9.72. The quantitative estimate of drug-likeness (QED) is 0.500. The Hall–Kier alpha value is -2.97. The molecule has 0 fully saturated rings. The number of rotatable bonds is 1. The fourth-order valence-electron chi connectivity index (χ4n) is 1.70. The number of nitrogens with one attached hydrogen (secondary N) is 3. The smallest absolute Gasteiger partial charge is 0.329 e. The maximum atomic E-state index is 11.6. The van der Waals surface area contributed by atoms with Crippen LogP contribution in [0.4, 0.5) is 0 Å². The highest BCUT2D eigenvalue weighted by atomic mass is 16.2. The lowest BCUT2D eigenvalue weighted by molar-refractivity contribution is 0.832. The Bertz CT molecular complexity index is 924. The predicted molar refractivity (Wildman–Crippen MR) is 65.8 cm³/mol. The van der Waals surface area contributed by atoms with Gasteiger partial charge in [0.15, 0.2) is 11.5 Å². The molecule has 3 aromatic rings. The lowest BCUT2D eigenvalue weighted by Crippen LogP contribution is -2.28. The van der Waals surface area contributed by atoms with Gasteiger partial charge in [-0.3, -0.25) is 19.1 Å². The maximum absolute atomic E-state index is 11.6. The molecule has 0 amide bonds. The first-order chi connectivity index (χ1) is 9.06. The van der Waals surface area contributed by atoms with Crippen molar-refractivity contribution in [3.63, 3.8) is 0 Å². The second-order valence-electron chi connectivity index (χ2n) is 3.91. The lowest BCUT2D eigenvalue weighted by atomic mass is 10.4. The van der Waals surface area contributed by atoms with Crippen LogP contribution < -0.4 is 16.8 Å². The van der Waals surface area contributed by atoms with Crippen molar-refractivity contribution in [3.05, 3.63) is 43.3 Å². The normalized spacial score (nSPS) is 11.0. The third-order valence-electron chi connectivity index (χ3n) is 2.68. The maximum Gasteiger partial charge on any atom is 0.329 e. The molecular formula is C10H8N6O3. The molecule has 19 heavy (non-hydrogen) atoms. The van der Waals surface area contributed by atoms with E-state index < -0.39 is 11.2 Å². The van der Waals surface area contributed by atoms with Crippen molar-refractivity contribution in [2.75, 3.05) is 0 Å². The minimum atomic E-state index is -0.554. The van der Waals surface area contributed by atoms with Crippen LogP contribution in [0.3, 0.4) is 0 Å². The minimum Gasteiger partial charge on any atom is -0.331 e. The monoisotopic (exact) mass is 260 g/mol. The van der Waals surface area contributed by atoms with E-state index in [9.17, 15) is 14.4 Å². The van der Waals surface area contributed by atoms with Crippen LogP contribution in [0.1, 0.15) is 0 Å². The summed E-state index contributed by atoms with van der Waals surface area (Å²) in [5, 5.41) is 6.06. The Balaban J connectivity index is 2.33. The molecular weight excluding hydrogens is 252 g/mol. The third kappa shape index (κ3) is 1.68. The third-order valence-corrected chi connectivity index (χ3v) is 2.68. The molecule has 0 saturated heterocycles. The van der Waals surface area contributed by atoms with Crippen molar-refractivity contribution in [2.24, 2.45) is 7.05 Å². The highest BCUT2D eigenvalue weighted by Crippen LogP contribution is 2.13. The van der Waals surface area contributed by atoms with Crippen LogP contribution in [-0.2, 0) is 7.05 Å². The topological polar surface area (TPSA) is 129 Å². The molecule has 0 saturated carbocycles. The van der Waals surface area contributed by atoms with E-state index in [1.807, 2.05) is 0 Å². The van der Waals surface area contributed by atoms with Gasteiger partial charge in [-0.05, 0) is 6.07 Å². The van der Waals surface area contributed by atoms with E-state index in [0.717, 1.165) is 0 Å². The molecule has 3 N–H and O–H groups in total. The number of aromatic nitrogens is 6. The fraction of sp³-hybridized carbons (Fsp3) is 0.100. The van der Waals surface area contributed by atoms with Crippen LogP contribution in [0.2, 0.25) is 0 Å². The molecule has 3 rings (SSSR count). The molecule has 0 aliphatic rings. The van der Waals surface area contributed by atoms with Crippen molar-refractivity contribution >= 4 is 11.2 Å². The Morgan fingerprint density at radius 1 is 1.16 bits per heavy atom. The molecule has 0 unspecified atom stereocenters. The SMILES string of the molecule is Cn1c(=O)[nH]c(=O)c2[nH]c(-c3ccc(=O)[nH]n3)nc21. The number of aromatic amines is 3. The van der Waals surface area contributed by atoms with Gasteiger partial charge in [-0.25, -0.2) is 14.9 Å². The first-order valence-corrected chi connectivity index (χ1v) is 5.31. The van der Waals surface area contributed by atoms with Crippen molar-refractivity contribution < 1.29 is 0 Å². The van der Waals surface area contributed by atoms with Crippen molar-refractivity contribution in [2.45, 2.75) is 0 Å². The van der Waals surface area contributed by atoms with Crippen LogP contribution in [-0.4, -0.2) is 29.7 Å².